The summed E-state index contributed by atoms with van der Waals surface area (Å²) in [5.41, 5.74) is 6.48. The largest absolute Gasteiger partial charge is 0.324 e. The molecule has 54 valence electrons. The smallest absolute Gasteiger partial charge is 0.133 e. The summed E-state index contributed by atoms with van der Waals surface area (Å²) in [7, 11) is 0. The molecule has 0 spiro atoms. The lowest BCUT2D eigenvalue weighted by atomic mass is 10.2. The van der Waals surface area contributed by atoms with Gasteiger partial charge in [-0.25, -0.2) is 4.98 Å². The van der Waals surface area contributed by atoms with Gasteiger partial charge in [-0.05, 0) is 13.0 Å². The van der Waals surface area contributed by atoms with E-state index < -0.39 is 0 Å². The number of nitrogens with two attached hydrogens (primary N) is 1. The van der Waals surface area contributed by atoms with Crippen LogP contribution in [0.25, 0.3) is 0 Å². The highest BCUT2D eigenvalue weighted by atomic mass is 35.5. The Balaban J connectivity index is 3.03. The third-order valence-corrected chi connectivity index (χ3v) is 1.59. The summed E-state index contributed by atoms with van der Waals surface area (Å²) in [5, 5.41) is 0.498. The highest BCUT2D eigenvalue weighted by Gasteiger charge is 2.03. The van der Waals surface area contributed by atoms with Gasteiger partial charge in [0.05, 0.1) is 0 Å². The molecule has 1 rings (SSSR count). The summed E-state index contributed by atoms with van der Waals surface area (Å²) in [6.45, 7) is 1.88. The summed E-state index contributed by atoms with van der Waals surface area (Å²) < 4.78 is 0. The normalized spacial score (nSPS) is 13.1. The summed E-state index contributed by atoms with van der Waals surface area (Å²) in [6.07, 6.45) is 1.65. The van der Waals surface area contributed by atoms with Crippen LogP contribution in [0, 0.1) is 0 Å². The van der Waals surface area contributed by atoms with Gasteiger partial charge in [-0.1, -0.05) is 17.7 Å². The highest BCUT2D eigenvalue weighted by molar-refractivity contribution is 6.30. The zero-order chi connectivity index (χ0) is 7.56. The third kappa shape index (κ3) is 1.46. The van der Waals surface area contributed by atoms with Crippen molar-refractivity contribution in [3.05, 3.63) is 29.0 Å². The second-order valence-electron chi connectivity index (χ2n) is 2.17. The summed E-state index contributed by atoms with van der Waals surface area (Å²) >= 11 is 5.73. The second kappa shape index (κ2) is 2.99. The minimum absolute atomic E-state index is 0.0406. The maximum absolute atomic E-state index is 5.73. The average molecular weight is 157 g/mol. The van der Waals surface area contributed by atoms with Crippen molar-refractivity contribution in [2.45, 2.75) is 13.0 Å². The van der Waals surface area contributed by atoms with E-state index in [1.54, 1.807) is 6.20 Å². The first kappa shape index (κ1) is 7.51. The lowest BCUT2D eigenvalue weighted by molar-refractivity contribution is 0.812. The standard InChI is InChI=1S/C7H9ClN2/c1-5(9)6-3-2-4-10-7(6)8/h2-5H,9H2,1H3/t5-/m0/s1. The van der Waals surface area contributed by atoms with Crippen molar-refractivity contribution < 1.29 is 0 Å². The second-order valence-corrected chi connectivity index (χ2v) is 2.53. The fourth-order valence-corrected chi connectivity index (χ4v) is 1.03. The molecule has 0 aliphatic heterocycles. The van der Waals surface area contributed by atoms with Gasteiger partial charge in [0.2, 0.25) is 0 Å². The molecule has 3 heteroatoms. The molecular weight excluding hydrogens is 148 g/mol. The fraction of sp³-hybridized carbons (Fsp3) is 0.286. The number of halogens is 1. The molecule has 0 saturated heterocycles. The molecule has 2 N–H and O–H groups in total. The van der Waals surface area contributed by atoms with Crippen molar-refractivity contribution in [1.82, 2.24) is 4.98 Å². The van der Waals surface area contributed by atoms with E-state index in [0.717, 1.165) is 5.56 Å². The quantitative estimate of drug-likeness (QED) is 0.630. The van der Waals surface area contributed by atoms with Gasteiger partial charge in [0.25, 0.3) is 0 Å². The number of hydrogen-bond donors (Lipinski definition) is 1. The van der Waals surface area contributed by atoms with Crippen LogP contribution in [0.4, 0.5) is 0 Å². The Bertz CT molecular complexity index is 223. The topological polar surface area (TPSA) is 38.9 Å². The molecule has 0 bridgehead atoms. The van der Waals surface area contributed by atoms with Crippen molar-refractivity contribution in [3.8, 4) is 0 Å². The van der Waals surface area contributed by atoms with Crippen molar-refractivity contribution in [2.75, 3.05) is 0 Å². The number of pyridine rings is 1. The average Bonchev–Trinajstić information content (AvgIpc) is 1.88. The van der Waals surface area contributed by atoms with Crippen molar-refractivity contribution in [1.29, 1.82) is 0 Å². The summed E-state index contributed by atoms with van der Waals surface area (Å²) in [6, 6.07) is 3.66. The van der Waals surface area contributed by atoms with E-state index in [0.29, 0.717) is 5.15 Å². The van der Waals surface area contributed by atoms with Crippen molar-refractivity contribution >= 4 is 11.6 Å². The van der Waals surface area contributed by atoms with Crippen LogP contribution in [0.1, 0.15) is 18.5 Å². The minimum Gasteiger partial charge on any atom is -0.324 e. The molecule has 0 amide bonds. The molecule has 1 aromatic heterocycles. The number of nitrogens with zero attached hydrogens (tertiary/aromatic N) is 1. The van der Waals surface area contributed by atoms with Crippen LogP contribution in [-0.2, 0) is 0 Å². The van der Waals surface area contributed by atoms with Gasteiger partial charge in [-0.3, -0.25) is 0 Å². The van der Waals surface area contributed by atoms with E-state index in [1.807, 2.05) is 19.1 Å². The predicted octanol–water partition coefficient (Wildman–Crippen LogP) is 1.75. The van der Waals surface area contributed by atoms with Crippen molar-refractivity contribution in [2.24, 2.45) is 5.73 Å². The zero-order valence-corrected chi connectivity index (χ0v) is 6.47. The molecule has 0 radical (unpaired) electrons. The first-order valence-corrected chi connectivity index (χ1v) is 3.45. The van der Waals surface area contributed by atoms with Gasteiger partial charge in [-0.2, -0.15) is 0 Å². The number of aromatic nitrogens is 1. The first-order valence-electron chi connectivity index (χ1n) is 3.08. The Morgan fingerprint density at radius 2 is 2.40 bits per heavy atom. The van der Waals surface area contributed by atoms with Gasteiger partial charge < -0.3 is 5.73 Å². The Morgan fingerprint density at radius 1 is 1.70 bits per heavy atom. The number of hydrogen-bond acceptors (Lipinski definition) is 2. The molecule has 0 aliphatic carbocycles. The molecule has 0 fully saturated rings. The van der Waals surface area contributed by atoms with E-state index in [2.05, 4.69) is 4.98 Å². The molecule has 0 unspecified atom stereocenters. The first-order chi connectivity index (χ1) is 4.72. The van der Waals surface area contributed by atoms with Crippen LogP contribution in [0.5, 0.6) is 0 Å². The summed E-state index contributed by atoms with van der Waals surface area (Å²) in [4.78, 5) is 3.89. The highest BCUT2D eigenvalue weighted by Crippen LogP contribution is 2.16. The lowest BCUT2D eigenvalue weighted by Crippen LogP contribution is -2.05. The van der Waals surface area contributed by atoms with Gasteiger partial charge in [0, 0.05) is 17.8 Å². The van der Waals surface area contributed by atoms with E-state index in [4.69, 9.17) is 17.3 Å². The molecular formula is C7H9ClN2. The van der Waals surface area contributed by atoms with E-state index in [1.165, 1.54) is 0 Å². The molecule has 0 saturated carbocycles. The van der Waals surface area contributed by atoms with Crippen LogP contribution < -0.4 is 5.73 Å². The van der Waals surface area contributed by atoms with Crippen LogP contribution >= 0.6 is 11.6 Å². The maximum atomic E-state index is 5.73. The number of rotatable bonds is 1. The molecule has 0 aliphatic rings. The Morgan fingerprint density at radius 3 is 2.80 bits per heavy atom. The van der Waals surface area contributed by atoms with Gasteiger partial charge in [0.1, 0.15) is 5.15 Å². The molecule has 10 heavy (non-hydrogen) atoms. The summed E-state index contributed by atoms with van der Waals surface area (Å²) in [5.74, 6) is 0. The molecule has 1 heterocycles. The maximum Gasteiger partial charge on any atom is 0.133 e. The van der Waals surface area contributed by atoms with Gasteiger partial charge in [-0.15, -0.1) is 0 Å². The Hall–Kier alpha value is -0.600. The molecule has 0 aromatic carbocycles. The van der Waals surface area contributed by atoms with Crippen LogP contribution in [0.2, 0.25) is 5.15 Å². The van der Waals surface area contributed by atoms with E-state index in [-0.39, 0.29) is 6.04 Å². The SMILES string of the molecule is C[C@H](N)c1cccnc1Cl. The predicted molar refractivity (Wildman–Crippen MR) is 41.8 cm³/mol. The van der Waals surface area contributed by atoms with E-state index in [9.17, 15) is 0 Å². The van der Waals surface area contributed by atoms with Gasteiger partial charge in [0.15, 0.2) is 0 Å². The fourth-order valence-electron chi connectivity index (χ4n) is 0.738. The van der Waals surface area contributed by atoms with Crippen molar-refractivity contribution in [3.63, 3.8) is 0 Å². The third-order valence-electron chi connectivity index (χ3n) is 1.28. The molecule has 1 atom stereocenters. The molecule has 2 nitrogen and oxygen atoms in total. The van der Waals surface area contributed by atoms with Crippen LogP contribution in [-0.4, -0.2) is 4.98 Å². The van der Waals surface area contributed by atoms with Crippen LogP contribution in [0.3, 0.4) is 0 Å². The Labute approximate surface area is 65.0 Å². The molecule has 1 aromatic rings. The Kier molecular flexibility index (Phi) is 2.25. The van der Waals surface area contributed by atoms with E-state index >= 15 is 0 Å². The minimum atomic E-state index is -0.0406. The lowest BCUT2D eigenvalue weighted by Gasteiger charge is -2.04. The van der Waals surface area contributed by atoms with Crippen LogP contribution in [0.15, 0.2) is 18.3 Å². The zero-order valence-electron chi connectivity index (χ0n) is 5.71. The van der Waals surface area contributed by atoms with Gasteiger partial charge >= 0.3 is 0 Å². The monoisotopic (exact) mass is 156 g/mol.